The van der Waals surface area contributed by atoms with Gasteiger partial charge in [0.05, 0.1) is 0 Å². The van der Waals surface area contributed by atoms with Crippen LogP contribution in [0.2, 0.25) is 0 Å². The van der Waals surface area contributed by atoms with Gasteiger partial charge in [0.2, 0.25) is 0 Å². The molecule has 0 bridgehead atoms. The zero-order valence-electron chi connectivity index (χ0n) is 8.01. The van der Waals surface area contributed by atoms with Crippen LogP contribution in [0.25, 0.3) is 0 Å². The fraction of sp³-hybridized carbons (Fsp3) is 0.400. The maximum absolute atomic E-state index is 12.5. The van der Waals surface area contributed by atoms with E-state index in [1.54, 1.807) is 25.1 Å². The van der Waals surface area contributed by atoms with Crippen LogP contribution < -0.4 is 4.74 Å². The molecule has 1 aromatic carbocycles. The second-order valence-electron chi connectivity index (χ2n) is 3.12. The summed E-state index contributed by atoms with van der Waals surface area (Å²) in [6.07, 6.45) is -3.71. The first kappa shape index (κ1) is 11.8. The first-order valence-electron chi connectivity index (χ1n) is 4.28. The molecule has 5 heteroatoms. The van der Waals surface area contributed by atoms with Crippen LogP contribution in [0.4, 0.5) is 17.6 Å². The van der Waals surface area contributed by atoms with Crippen molar-refractivity contribution in [3.63, 3.8) is 0 Å². The van der Waals surface area contributed by atoms with E-state index in [4.69, 9.17) is 0 Å². The Hall–Kier alpha value is -1.26. The smallest absolute Gasteiger partial charge is 0.340 e. The van der Waals surface area contributed by atoms with Crippen LogP contribution >= 0.6 is 0 Å². The summed E-state index contributed by atoms with van der Waals surface area (Å²) in [7, 11) is 0. The zero-order chi connectivity index (χ0) is 11.5. The molecule has 0 aromatic heterocycles. The van der Waals surface area contributed by atoms with Gasteiger partial charge in [-0.05, 0) is 18.6 Å². The van der Waals surface area contributed by atoms with E-state index >= 15 is 0 Å². The predicted molar refractivity (Wildman–Crippen MR) is 47.6 cm³/mol. The van der Waals surface area contributed by atoms with Gasteiger partial charge in [0.1, 0.15) is 5.75 Å². The Morgan fingerprint density at radius 2 is 1.87 bits per heavy atom. The minimum atomic E-state index is -4.11. The van der Waals surface area contributed by atoms with E-state index in [1.165, 1.54) is 6.07 Å². The lowest BCUT2D eigenvalue weighted by molar-refractivity contribution is -0.148. The summed E-state index contributed by atoms with van der Waals surface area (Å²) < 4.78 is 53.2. The predicted octanol–water partition coefficient (Wildman–Crippen LogP) is 3.27. The van der Waals surface area contributed by atoms with E-state index in [-0.39, 0.29) is 5.75 Å². The quantitative estimate of drug-likeness (QED) is 0.710. The van der Waals surface area contributed by atoms with Crippen LogP contribution in [0.15, 0.2) is 24.3 Å². The van der Waals surface area contributed by atoms with Crippen molar-refractivity contribution in [3.05, 3.63) is 29.8 Å². The fourth-order valence-electron chi connectivity index (χ4n) is 0.955. The molecule has 1 aromatic rings. The van der Waals surface area contributed by atoms with Crippen molar-refractivity contribution in [2.24, 2.45) is 0 Å². The Kier molecular flexibility index (Phi) is 3.55. The van der Waals surface area contributed by atoms with Crippen molar-refractivity contribution >= 4 is 0 Å². The van der Waals surface area contributed by atoms with Gasteiger partial charge in [-0.3, -0.25) is 0 Å². The molecule has 0 aliphatic heterocycles. The van der Waals surface area contributed by atoms with Gasteiger partial charge in [-0.15, -0.1) is 0 Å². The summed E-state index contributed by atoms with van der Waals surface area (Å²) in [5.74, 6) is -3.92. The lowest BCUT2D eigenvalue weighted by atomic mass is 10.2. The normalized spacial score (nSPS) is 11.9. The molecular weight excluding hydrogens is 212 g/mol. The molecule has 0 fully saturated rings. The molecule has 1 nitrogen and oxygen atoms in total. The van der Waals surface area contributed by atoms with Crippen LogP contribution in [-0.2, 0) is 0 Å². The van der Waals surface area contributed by atoms with Gasteiger partial charge in [-0.2, -0.15) is 8.78 Å². The van der Waals surface area contributed by atoms with E-state index in [2.05, 4.69) is 4.74 Å². The lowest BCUT2D eigenvalue weighted by Gasteiger charge is -2.16. The van der Waals surface area contributed by atoms with Crippen molar-refractivity contribution in [1.82, 2.24) is 0 Å². The third kappa shape index (κ3) is 3.11. The van der Waals surface area contributed by atoms with E-state index in [0.717, 1.165) is 0 Å². The zero-order valence-corrected chi connectivity index (χ0v) is 8.01. The van der Waals surface area contributed by atoms with Gasteiger partial charge in [-0.25, -0.2) is 8.78 Å². The Morgan fingerprint density at radius 3 is 2.40 bits per heavy atom. The average molecular weight is 222 g/mol. The molecular formula is C10H10F4O. The van der Waals surface area contributed by atoms with Gasteiger partial charge < -0.3 is 4.74 Å². The summed E-state index contributed by atoms with van der Waals surface area (Å²) in [6.45, 7) is 0.339. The summed E-state index contributed by atoms with van der Waals surface area (Å²) in [4.78, 5) is 0. The molecule has 0 aliphatic rings. The molecule has 0 saturated heterocycles. The number of rotatable bonds is 4. The van der Waals surface area contributed by atoms with Gasteiger partial charge in [-0.1, -0.05) is 18.2 Å². The molecule has 1 rings (SSSR count). The lowest BCUT2D eigenvalue weighted by Crippen LogP contribution is -2.33. The first-order chi connectivity index (χ1) is 6.93. The second kappa shape index (κ2) is 4.51. The third-order valence-corrected chi connectivity index (χ3v) is 1.83. The van der Waals surface area contributed by atoms with Gasteiger partial charge in [0.15, 0.2) is 6.61 Å². The number of ether oxygens (including phenoxy) is 1. The van der Waals surface area contributed by atoms with Crippen LogP contribution in [0.3, 0.4) is 0 Å². The van der Waals surface area contributed by atoms with Gasteiger partial charge in [0, 0.05) is 0 Å². The van der Waals surface area contributed by atoms with Crippen molar-refractivity contribution in [3.8, 4) is 5.75 Å². The molecule has 84 valence electrons. The van der Waals surface area contributed by atoms with E-state index in [9.17, 15) is 17.6 Å². The molecule has 0 saturated carbocycles. The first-order valence-corrected chi connectivity index (χ1v) is 4.28. The number of aryl methyl sites for hydroxylation is 1. The standard InChI is InChI=1S/C10H10F4O/c1-7-4-2-3-5-8(7)15-6-10(13,14)9(11)12/h2-5,9H,6H2,1H3. The van der Waals surface area contributed by atoms with Crippen LogP contribution in [0, 0.1) is 6.92 Å². The topological polar surface area (TPSA) is 9.23 Å². The van der Waals surface area contributed by atoms with Crippen molar-refractivity contribution < 1.29 is 22.3 Å². The van der Waals surface area contributed by atoms with Gasteiger partial charge >= 0.3 is 12.3 Å². The van der Waals surface area contributed by atoms with E-state index < -0.39 is 19.0 Å². The largest absolute Gasteiger partial charge is 0.487 e. The molecule has 0 spiro atoms. The fourth-order valence-corrected chi connectivity index (χ4v) is 0.955. The number of para-hydroxylation sites is 1. The Bertz CT molecular complexity index is 325. The molecule has 0 amide bonds. The summed E-state index contributed by atoms with van der Waals surface area (Å²) in [6, 6.07) is 6.39. The SMILES string of the molecule is Cc1ccccc1OCC(F)(F)C(F)F. The third-order valence-electron chi connectivity index (χ3n) is 1.83. The van der Waals surface area contributed by atoms with E-state index in [1.807, 2.05) is 0 Å². The van der Waals surface area contributed by atoms with Crippen LogP contribution in [0.1, 0.15) is 5.56 Å². The van der Waals surface area contributed by atoms with Crippen LogP contribution in [-0.4, -0.2) is 19.0 Å². The molecule has 0 radical (unpaired) electrons. The maximum Gasteiger partial charge on any atom is 0.340 e. The second-order valence-corrected chi connectivity index (χ2v) is 3.12. The van der Waals surface area contributed by atoms with E-state index in [0.29, 0.717) is 5.56 Å². The average Bonchev–Trinajstić information content (AvgIpc) is 2.16. The molecule has 15 heavy (non-hydrogen) atoms. The molecule has 0 heterocycles. The Balaban J connectivity index is 2.62. The number of alkyl halides is 4. The molecule has 0 unspecified atom stereocenters. The summed E-state index contributed by atoms with van der Waals surface area (Å²) in [5.41, 5.74) is 0.627. The monoisotopic (exact) mass is 222 g/mol. The number of hydrogen-bond donors (Lipinski definition) is 0. The molecule has 0 N–H and O–H groups in total. The van der Waals surface area contributed by atoms with Crippen LogP contribution in [0.5, 0.6) is 5.75 Å². The number of benzene rings is 1. The Morgan fingerprint density at radius 1 is 1.27 bits per heavy atom. The number of hydrogen-bond acceptors (Lipinski definition) is 1. The van der Waals surface area contributed by atoms with Crippen molar-refractivity contribution in [2.75, 3.05) is 6.61 Å². The van der Waals surface area contributed by atoms with Gasteiger partial charge in [0.25, 0.3) is 0 Å². The van der Waals surface area contributed by atoms with Crippen molar-refractivity contribution in [1.29, 1.82) is 0 Å². The highest BCUT2D eigenvalue weighted by molar-refractivity contribution is 5.31. The summed E-state index contributed by atoms with van der Waals surface area (Å²) in [5, 5.41) is 0. The number of halogens is 4. The highest BCUT2D eigenvalue weighted by Gasteiger charge is 2.41. The highest BCUT2D eigenvalue weighted by Crippen LogP contribution is 2.25. The Labute approximate surface area is 84.7 Å². The summed E-state index contributed by atoms with van der Waals surface area (Å²) >= 11 is 0. The minimum Gasteiger partial charge on any atom is -0.487 e. The molecule has 0 atom stereocenters. The highest BCUT2D eigenvalue weighted by atomic mass is 19.3. The minimum absolute atomic E-state index is 0.192. The van der Waals surface area contributed by atoms with Crippen molar-refractivity contribution in [2.45, 2.75) is 19.3 Å². The molecule has 0 aliphatic carbocycles. The maximum atomic E-state index is 12.5.